The SMILES string of the molecule is CN1CCN(C[C@@H](NC(=O)NCc2ccco2)c2ccccc2)CC1. The van der Waals surface area contributed by atoms with Crippen molar-refractivity contribution in [1.82, 2.24) is 20.4 Å². The van der Waals surface area contributed by atoms with Gasteiger partial charge in [0.15, 0.2) is 0 Å². The maximum Gasteiger partial charge on any atom is 0.315 e. The number of furan rings is 1. The minimum atomic E-state index is -0.181. The van der Waals surface area contributed by atoms with E-state index < -0.39 is 0 Å². The van der Waals surface area contributed by atoms with E-state index in [1.165, 1.54) is 0 Å². The molecule has 6 nitrogen and oxygen atoms in total. The van der Waals surface area contributed by atoms with E-state index in [9.17, 15) is 4.79 Å². The van der Waals surface area contributed by atoms with Gasteiger partial charge in [-0.3, -0.25) is 4.90 Å². The van der Waals surface area contributed by atoms with Crippen molar-refractivity contribution in [1.29, 1.82) is 0 Å². The lowest BCUT2D eigenvalue weighted by Gasteiger charge is -2.35. The molecule has 0 aliphatic carbocycles. The Morgan fingerprint density at radius 3 is 2.56 bits per heavy atom. The first-order valence-electron chi connectivity index (χ1n) is 8.73. The number of piperazine rings is 1. The van der Waals surface area contributed by atoms with Crippen LogP contribution in [0.5, 0.6) is 0 Å². The Kier molecular flexibility index (Phi) is 6.09. The molecule has 25 heavy (non-hydrogen) atoms. The van der Waals surface area contributed by atoms with Gasteiger partial charge in [-0.15, -0.1) is 0 Å². The zero-order valence-corrected chi connectivity index (χ0v) is 14.6. The van der Waals surface area contributed by atoms with Gasteiger partial charge in [0.1, 0.15) is 5.76 Å². The van der Waals surface area contributed by atoms with E-state index in [0.717, 1.165) is 44.0 Å². The van der Waals surface area contributed by atoms with Gasteiger partial charge in [-0.25, -0.2) is 4.79 Å². The molecule has 1 aliphatic heterocycles. The Hall–Kier alpha value is -2.31. The van der Waals surface area contributed by atoms with Crippen LogP contribution in [0.1, 0.15) is 17.4 Å². The molecule has 1 atom stereocenters. The van der Waals surface area contributed by atoms with Crippen molar-refractivity contribution in [3.8, 4) is 0 Å². The number of carbonyl (C=O) groups is 1. The number of urea groups is 1. The molecule has 1 aromatic heterocycles. The average Bonchev–Trinajstić information content (AvgIpc) is 3.16. The number of amides is 2. The molecule has 1 aromatic carbocycles. The van der Waals surface area contributed by atoms with Crippen LogP contribution in [0.15, 0.2) is 53.1 Å². The summed E-state index contributed by atoms with van der Waals surface area (Å²) in [6, 6.07) is 13.6. The van der Waals surface area contributed by atoms with E-state index in [2.05, 4.69) is 39.6 Å². The summed E-state index contributed by atoms with van der Waals surface area (Å²) in [6.07, 6.45) is 1.61. The highest BCUT2D eigenvalue weighted by Gasteiger charge is 2.21. The summed E-state index contributed by atoms with van der Waals surface area (Å²) < 4.78 is 5.25. The zero-order valence-electron chi connectivity index (χ0n) is 14.6. The molecule has 2 aromatic rings. The topological polar surface area (TPSA) is 60.8 Å². The van der Waals surface area contributed by atoms with Gasteiger partial charge >= 0.3 is 6.03 Å². The minimum absolute atomic E-state index is 0.0405. The molecule has 1 aliphatic rings. The Balaban J connectivity index is 1.59. The maximum absolute atomic E-state index is 12.3. The lowest BCUT2D eigenvalue weighted by molar-refractivity contribution is 0.142. The smallest absolute Gasteiger partial charge is 0.315 e. The van der Waals surface area contributed by atoms with E-state index in [1.54, 1.807) is 6.26 Å². The molecule has 134 valence electrons. The quantitative estimate of drug-likeness (QED) is 0.844. The Morgan fingerprint density at radius 2 is 1.88 bits per heavy atom. The lowest BCUT2D eigenvalue weighted by atomic mass is 10.1. The number of rotatable bonds is 6. The third kappa shape index (κ3) is 5.34. The number of nitrogens with zero attached hydrogens (tertiary/aromatic N) is 2. The van der Waals surface area contributed by atoms with Crippen LogP contribution in [0, 0.1) is 0 Å². The lowest BCUT2D eigenvalue weighted by Crippen LogP contribution is -2.48. The molecule has 0 spiro atoms. The fraction of sp³-hybridized carbons (Fsp3) is 0.421. The molecular weight excluding hydrogens is 316 g/mol. The van der Waals surface area contributed by atoms with Gasteiger partial charge in [0.2, 0.25) is 0 Å². The summed E-state index contributed by atoms with van der Waals surface area (Å²) in [5.41, 5.74) is 1.12. The summed E-state index contributed by atoms with van der Waals surface area (Å²) >= 11 is 0. The van der Waals surface area contributed by atoms with Gasteiger partial charge < -0.3 is 20.0 Å². The van der Waals surface area contributed by atoms with Gasteiger partial charge in [-0.05, 0) is 24.7 Å². The molecule has 3 rings (SSSR count). The second kappa shape index (κ2) is 8.69. The van der Waals surface area contributed by atoms with E-state index in [0.29, 0.717) is 6.54 Å². The number of hydrogen-bond donors (Lipinski definition) is 2. The van der Waals surface area contributed by atoms with Gasteiger partial charge in [0.25, 0.3) is 0 Å². The fourth-order valence-corrected chi connectivity index (χ4v) is 3.00. The second-order valence-electron chi connectivity index (χ2n) is 6.47. The number of hydrogen-bond acceptors (Lipinski definition) is 4. The Bertz CT molecular complexity index is 637. The largest absolute Gasteiger partial charge is 0.467 e. The number of likely N-dealkylation sites (N-methyl/N-ethyl adjacent to an activating group) is 1. The van der Waals surface area contributed by atoms with Crippen LogP contribution < -0.4 is 10.6 Å². The normalized spacial score (nSPS) is 17.2. The van der Waals surface area contributed by atoms with Crippen molar-refractivity contribution in [2.45, 2.75) is 12.6 Å². The molecule has 2 N–H and O–H groups in total. The highest BCUT2D eigenvalue weighted by Crippen LogP contribution is 2.15. The molecule has 0 bridgehead atoms. The second-order valence-corrected chi connectivity index (χ2v) is 6.47. The minimum Gasteiger partial charge on any atom is -0.467 e. The first-order valence-corrected chi connectivity index (χ1v) is 8.73. The monoisotopic (exact) mass is 342 g/mol. The van der Waals surface area contributed by atoms with E-state index in [1.807, 2.05) is 30.3 Å². The molecule has 0 radical (unpaired) electrons. The van der Waals surface area contributed by atoms with Crippen LogP contribution in [0.25, 0.3) is 0 Å². The Morgan fingerprint density at radius 1 is 1.12 bits per heavy atom. The molecule has 1 fully saturated rings. The molecule has 2 heterocycles. The maximum atomic E-state index is 12.3. The van der Waals surface area contributed by atoms with Gasteiger partial charge in [0.05, 0.1) is 18.8 Å². The van der Waals surface area contributed by atoms with Crippen molar-refractivity contribution in [3.05, 3.63) is 60.1 Å². The standard InChI is InChI=1S/C19H26N4O2/c1-22-9-11-23(12-10-22)15-18(16-6-3-2-4-7-16)21-19(24)20-14-17-8-5-13-25-17/h2-8,13,18H,9-12,14-15H2,1H3,(H2,20,21,24)/t18-/m1/s1. The third-order valence-corrected chi connectivity index (χ3v) is 4.55. The predicted octanol–water partition coefficient (Wildman–Crippen LogP) is 2.07. The molecular formula is C19H26N4O2. The van der Waals surface area contributed by atoms with E-state index in [4.69, 9.17) is 4.42 Å². The summed E-state index contributed by atoms with van der Waals surface area (Å²) in [5.74, 6) is 0.741. The highest BCUT2D eigenvalue weighted by atomic mass is 16.3. The van der Waals surface area contributed by atoms with Crippen molar-refractivity contribution in [2.24, 2.45) is 0 Å². The van der Waals surface area contributed by atoms with Gasteiger partial charge in [0, 0.05) is 32.7 Å². The van der Waals surface area contributed by atoms with Gasteiger partial charge in [-0.1, -0.05) is 30.3 Å². The Labute approximate surface area is 148 Å². The summed E-state index contributed by atoms with van der Waals surface area (Å²) in [4.78, 5) is 17.1. The van der Waals surface area contributed by atoms with Gasteiger partial charge in [-0.2, -0.15) is 0 Å². The zero-order chi connectivity index (χ0) is 17.5. The summed E-state index contributed by atoms with van der Waals surface area (Å²) in [5, 5.41) is 5.97. The number of carbonyl (C=O) groups excluding carboxylic acids is 1. The third-order valence-electron chi connectivity index (χ3n) is 4.55. The average molecular weight is 342 g/mol. The van der Waals surface area contributed by atoms with E-state index in [-0.39, 0.29) is 12.1 Å². The van der Waals surface area contributed by atoms with Crippen LogP contribution in [0.2, 0.25) is 0 Å². The molecule has 2 amide bonds. The first-order chi connectivity index (χ1) is 12.2. The number of benzene rings is 1. The predicted molar refractivity (Wildman–Crippen MR) is 97.2 cm³/mol. The van der Waals surface area contributed by atoms with Crippen molar-refractivity contribution < 1.29 is 9.21 Å². The van der Waals surface area contributed by atoms with Crippen LogP contribution in [-0.2, 0) is 6.54 Å². The van der Waals surface area contributed by atoms with Crippen molar-refractivity contribution in [2.75, 3.05) is 39.8 Å². The van der Waals surface area contributed by atoms with Crippen LogP contribution in [-0.4, -0.2) is 55.6 Å². The summed E-state index contributed by atoms with van der Waals surface area (Å²) in [6.45, 7) is 5.37. The van der Waals surface area contributed by atoms with Crippen molar-refractivity contribution >= 4 is 6.03 Å². The molecule has 6 heteroatoms. The number of nitrogens with one attached hydrogen (secondary N) is 2. The molecule has 0 saturated carbocycles. The fourth-order valence-electron chi connectivity index (χ4n) is 3.00. The summed E-state index contributed by atoms with van der Waals surface area (Å²) in [7, 11) is 2.15. The first kappa shape index (κ1) is 17.5. The van der Waals surface area contributed by atoms with E-state index >= 15 is 0 Å². The van der Waals surface area contributed by atoms with Crippen molar-refractivity contribution in [3.63, 3.8) is 0 Å². The highest BCUT2D eigenvalue weighted by molar-refractivity contribution is 5.74. The molecule has 1 saturated heterocycles. The van der Waals surface area contributed by atoms with Crippen LogP contribution in [0.3, 0.4) is 0 Å². The van der Waals surface area contributed by atoms with Crippen LogP contribution in [0.4, 0.5) is 4.79 Å². The van der Waals surface area contributed by atoms with Crippen LogP contribution >= 0.6 is 0 Å². The molecule has 0 unspecified atom stereocenters.